The van der Waals surface area contributed by atoms with Crippen molar-refractivity contribution in [2.75, 3.05) is 33.5 Å². The highest BCUT2D eigenvalue weighted by atomic mass is 19.4. The molecule has 0 aromatic heterocycles. The molecule has 118 valence electrons. The predicted molar refractivity (Wildman–Crippen MR) is 70.7 cm³/mol. The summed E-state index contributed by atoms with van der Waals surface area (Å²) in [6, 6.07) is 5.00. The molecular weight excluding hydrogens is 287 g/mol. The molecule has 0 radical (unpaired) electrons. The molecule has 1 aliphatic heterocycles. The van der Waals surface area contributed by atoms with E-state index in [-0.39, 0.29) is 12.6 Å². The van der Waals surface area contributed by atoms with Gasteiger partial charge in [0, 0.05) is 6.42 Å². The van der Waals surface area contributed by atoms with E-state index in [1.54, 1.807) is 25.2 Å². The molecule has 4 nitrogen and oxygen atoms in total. The molecule has 2 rings (SSSR count). The number of benzene rings is 1. The van der Waals surface area contributed by atoms with E-state index >= 15 is 0 Å². The van der Waals surface area contributed by atoms with Crippen molar-refractivity contribution in [3.63, 3.8) is 0 Å². The van der Waals surface area contributed by atoms with Crippen molar-refractivity contribution in [2.24, 2.45) is 0 Å². The molecule has 0 aliphatic carbocycles. The van der Waals surface area contributed by atoms with E-state index in [0.717, 1.165) is 12.0 Å². The number of likely N-dealkylation sites (N-methyl/N-ethyl adjacent to an activating group) is 1. The highest BCUT2D eigenvalue weighted by Crippen LogP contribution is 2.32. The Labute approximate surface area is 121 Å². The lowest BCUT2D eigenvalue weighted by atomic mass is 10.1. The number of hydrogen-bond acceptors (Lipinski definition) is 4. The van der Waals surface area contributed by atoms with Crippen LogP contribution in [0.4, 0.5) is 13.2 Å². The molecular formula is C14H18F3NO3. The van der Waals surface area contributed by atoms with Crippen LogP contribution < -0.4 is 14.8 Å². The van der Waals surface area contributed by atoms with Gasteiger partial charge in [-0.15, -0.1) is 0 Å². The summed E-state index contributed by atoms with van der Waals surface area (Å²) in [7, 11) is 1.67. The highest BCUT2D eigenvalue weighted by Gasteiger charge is 2.28. The summed E-state index contributed by atoms with van der Waals surface area (Å²) in [5, 5.41) is 2.94. The van der Waals surface area contributed by atoms with E-state index in [1.807, 2.05) is 0 Å². The van der Waals surface area contributed by atoms with Gasteiger partial charge in [-0.1, -0.05) is 6.07 Å². The smallest absolute Gasteiger partial charge is 0.411 e. The molecule has 0 bridgehead atoms. The van der Waals surface area contributed by atoms with Crippen LogP contribution in [0.15, 0.2) is 18.2 Å². The van der Waals surface area contributed by atoms with E-state index in [0.29, 0.717) is 24.7 Å². The van der Waals surface area contributed by atoms with Gasteiger partial charge < -0.3 is 19.5 Å². The second-order valence-corrected chi connectivity index (χ2v) is 4.73. The summed E-state index contributed by atoms with van der Waals surface area (Å²) in [6.45, 7) is -0.173. The molecule has 1 aliphatic rings. The fourth-order valence-electron chi connectivity index (χ4n) is 2.04. The van der Waals surface area contributed by atoms with Crippen LogP contribution in [0.2, 0.25) is 0 Å². The summed E-state index contributed by atoms with van der Waals surface area (Å²) >= 11 is 0. The molecule has 0 fully saturated rings. The van der Waals surface area contributed by atoms with Gasteiger partial charge in [0.05, 0.1) is 25.9 Å². The lowest BCUT2D eigenvalue weighted by molar-refractivity contribution is -0.175. The van der Waals surface area contributed by atoms with E-state index in [2.05, 4.69) is 5.32 Å². The van der Waals surface area contributed by atoms with Gasteiger partial charge in [0.2, 0.25) is 0 Å². The van der Waals surface area contributed by atoms with Crippen LogP contribution in [0.5, 0.6) is 11.5 Å². The Morgan fingerprint density at radius 1 is 1.24 bits per heavy atom. The first-order chi connectivity index (χ1) is 9.99. The zero-order chi connectivity index (χ0) is 15.3. The van der Waals surface area contributed by atoms with Crippen LogP contribution in [0.1, 0.15) is 18.0 Å². The molecule has 0 saturated carbocycles. The average molecular weight is 305 g/mol. The second kappa shape index (κ2) is 7.00. The third-order valence-corrected chi connectivity index (χ3v) is 3.07. The lowest BCUT2D eigenvalue weighted by Crippen LogP contribution is -2.25. The van der Waals surface area contributed by atoms with Gasteiger partial charge in [-0.25, -0.2) is 0 Å². The Morgan fingerprint density at radius 3 is 2.62 bits per heavy atom. The van der Waals surface area contributed by atoms with E-state index in [1.165, 1.54) is 0 Å². The predicted octanol–water partition coefficient (Wildman–Crippen LogP) is 2.69. The number of nitrogens with one attached hydrogen (secondary N) is 1. The molecule has 0 spiro atoms. The van der Waals surface area contributed by atoms with Crippen LogP contribution >= 0.6 is 0 Å². The molecule has 1 heterocycles. The third kappa shape index (κ3) is 4.78. The number of alkyl halides is 3. The molecule has 7 heteroatoms. The highest BCUT2D eigenvalue weighted by molar-refractivity contribution is 5.44. The molecule has 0 amide bonds. The average Bonchev–Trinajstić information content (AvgIpc) is 2.67. The van der Waals surface area contributed by atoms with Crippen molar-refractivity contribution >= 4 is 0 Å². The Morgan fingerprint density at radius 2 is 1.95 bits per heavy atom. The van der Waals surface area contributed by atoms with Crippen molar-refractivity contribution in [2.45, 2.75) is 18.6 Å². The summed E-state index contributed by atoms with van der Waals surface area (Å²) < 4.78 is 52.1. The number of hydrogen-bond donors (Lipinski definition) is 1. The fourth-order valence-corrected chi connectivity index (χ4v) is 2.04. The summed E-state index contributed by atoms with van der Waals surface area (Å²) in [4.78, 5) is 0. The van der Waals surface area contributed by atoms with E-state index < -0.39 is 12.8 Å². The molecule has 1 atom stereocenters. The Bertz CT molecular complexity index is 465. The topological polar surface area (TPSA) is 39.7 Å². The van der Waals surface area contributed by atoms with Crippen molar-refractivity contribution in [3.05, 3.63) is 23.8 Å². The van der Waals surface area contributed by atoms with Gasteiger partial charge in [-0.2, -0.15) is 13.2 Å². The van der Waals surface area contributed by atoms with Crippen molar-refractivity contribution in [3.8, 4) is 11.5 Å². The normalized spacial score (nSPS) is 16.4. The van der Waals surface area contributed by atoms with Gasteiger partial charge in [0.25, 0.3) is 0 Å². The third-order valence-electron chi connectivity index (χ3n) is 3.07. The summed E-state index contributed by atoms with van der Waals surface area (Å²) in [6.07, 6.45) is -3.52. The quantitative estimate of drug-likeness (QED) is 0.908. The van der Waals surface area contributed by atoms with Crippen LogP contribution in [-0.4, -0.2) is 39.7 Å². The molecule has 1 N–H and O–H groups in total. The molecule has 0 saturated heterocycles. The van der Waals surface area contributed by atoms with Gasteiger partial charge in [-0.05, 0) is 24.7 Å². The van der Waals surface area contributed by atoms with Gasteiger partial charge in [-0.3, -0.25) is 0 Å². The lowest BCUT2D eigenvalue weighted by Gasteiger charge is -2.19. The Balaban J connectivity index is 2.02. The molecule has 1 aromatic carbocycles. The second-order valence-electron chi connectivity index (χ2n) is 4.73. The van der Waals surface area contributed by atoms with Gasteiger partial charge in [0.15, 0.2) is 11.5 Å². The van der Waals surface area contributed by atoms with Gasteiger partial charge in [0.1, 0.15) is 6.61 Å². The maximum Gasteiger partial charge on any atom is 0.411 e. The summed E-state index contributed by atoms with van der Waals surface area (Å²) in [5.41, 5.74) is 0.795. The monoisotopic (exact) mass is 305 g/mol. The minimum absolute atomic E-state index is 0.0738. The number of ether oxygens (including phenoxy) is 3. The van der Waals surface area contributed by atoms with E-state index in [4.69, 9.17) is 14.2 Å². The fraction of sp³-hybridized carbons (Fsp3) is 0.571. The largest absolute Gasteiger partial charge is 0.490 e. The molecule has 1 unspecified atom stereocenters. The maximum absolute atomic E-state index is 12.1. The zero-order valence-electron chi connectivity index (χ0n) is 11.7. The first-order valence-electron chi connectivity index (χ1n) is 6.71. The number of halogens is 3. The minimum atomic E-state index is -4.32. The first-order valence-corrected chi connectivity index (χ1v) is 6.71. The first kappa shape index (κ1) is 15.9. The number of rotatable bonds is 5. The van der Waals surface area contributed by atoms with Crippen LogP contribution in [0, 0.1) is 0 Å². The number of fused-ring (bicyclic) bond motifs is 1. The van der Waals surface area contributed by atoms with Crippen molar-refractivity contribution < 1.29 is 27.4 Å². The van der Waals surface area contributed by atoms with Crippen LogP contribution in [0.25, 0.3) is 0 Å². The summed E-state index contributed by atoms with van der Waals surface area (Å²) in [5.74, 6) is 1.27. The zero-order valence-corrected chi connectivity index (χ0v) is 11.7. The molecule has 1 aromatic rings. The van der Waals surface area contributed by atoms with Crippen LogP contribution in [0.3, 0.4) is 0 Å². The van der Waals surface area contributed by atoms with Crippen LogP contribution in [-0.2, 0) is 4.74 Å². The van der Waals surface area contributed by atoms with Crippen molar-refractivity contribution in [1.29, 1.82) is 0 Å². The Hall–Kier alpha value is -1.47. The Kier molecular flexibility index (Phi) is 5.30. The van der Waals surface area contributed by atoms with E-state index in [9.17, 15) is 13.2 Å². The van der Waals surface area contributed by atoms with Gasteiger partial charge >= 0.3 is 6.18 Å². The SMILES string of the molecule is CNC(COCC(F)(F)F)c1ccc2c(c1)OCCCO2. The standard InChI is InChI=1S/C14H18F3NO3/c1-18-11(8-19-9-14(15,16)17)10-3-4-12-13(7-10)21-6-2-5-20-12/h3-4,7,11,18H,2,5-6,8-9H2,1H3. The maximum atomic E-state index is 12.1. The van der Waals surface area contributed by atoms with Crippen molar-refractivity contribution in [1.82, 2.24) is 5.32 Å². The minimum Gasteiger partial charge on any atom is -0.490 e. The molecule has 21 heavy (non-hydrogen) atoms.